The monoisotopic (exact) mass is 285 g/mol. The molecule has 0 aromatic heterocycles. The highest BCUT2D eigenvalue weighted by Gasteiger charge is 2.14. The summed E-state index contributed by atoms with van der Waals surface area (Å²) in [5.74, 6) is -0.142. The molecule has 1 aliphatic heterocycles. The normalized spacial score (nSPS) is 12.0. The second-order valence-corrected chi connectivity index (χ2v) is 4.40. The zero-order valence-corrected chi connectivity index (χ0v) is 10.8. The number of nitrogens with one attached hydrogen (secondary N) is 1. The molecule has 6 heteroatoms. The van der Waals surface area contributed by atoms with Crippen LogP contribution in [0.15, 0.2) is 42.5 Å². The Kier molecular flexibility index (Phi) is 3.19. The summed E-state index contributed by atoms with van der Waals surface area (Å²) in [6.45, 7) is 0.170. The smallest absolute Gasteiger partial charge is 0.335 e. The maximum Gasteiger partial charge on any atom is 0.335 e. The number of ether oxygens (including phenoxy) is 2. The minimum Gasteiger partial charge on any atom is -0.478 e. The standard InChI is InChI=1S/C15H11NO5/c17-14(9-1-3-10(4-2-9)15(18)19)16-11-5-6-12-13(7-11)21-8-20-12/h1-7H,8H2,(H,16,17)(H,18,19). The minimum atomic E-state index is -1.03. The van der Waals surface area contributed by atoms with E-state index in [4.69, 9.17) is 14.6 Å². The van der Waals surface area contributed by atoms with E-state index in [1.54, 1.807) is 18.2 Å². The highest BCUT2D eigenvalue weighted by Crippen LogP contribution is 2.34. The third-order valence-corrected chi connectivity index (χ3v) is 3.02. The Balaban J connectivity index is 1.75. The molecule has 0 spiro atoms. The second kappa shape index (κ2) is 5.16. The highest BCUT2D eigenvalue weighted by molar-refractivity contribution is 6.04. The van der Waals surface area contributed by atoms with E-state index in [0.29, 0.717) is 22.7 Å². The molecular formula is C15H11NO5. The SMILES string of the molecule is O=C(O)c1ccc(C(=O)Nc2ccc3c(c2)OCO3)cc1. The van der Waals surface area contributed by atoms with E-state index in [2.05, 4.69) is 5.32 Å². The van der Waals surface area contributed by atoms with E-state index in [-0.39, 0.29) is 18.3 Å². The van der Waals surface area contributed by atoms with Crippen LogP contribution in [0.25, 0.3) is 0 Å². The van der Waals surface area contributed by atoms with Crippen LogP contribution >= 0.6 is 0 Å². The number of rotatable bonds is 3. The van der Waals surface area contributed by atoms with Gasteiger partial charge in [-0.3, -0.25) is 4.79 Å². The summed E-state index contributed by atoms with van der Waals surface area (Å²) < 4.78 is 10.4. The van der Waals surface area contributed by atoms with Crippen molar-refractivity contribution in [2.45, 2.75) is 0 Å². The molecule has 6 nitrogen and oxygen atoms in total. The maximum absolute atomic E-state index is 12.1. The lowest BCUT2D eigenvalue weighted by Gasteiger charge is -2.06. The molecule has 2 aromatic carbocycles. The summed E-state index contributed by atoms with van der Waals surface area (Å²) >= 11 is 0. The number of carbonyl (C=O) groups is 2. The van der Waals surface area contributed by atoms with Crippen molar-refractivity contribution in [3.8, 4) is 11.5 Å². The second-order valence-electron chi connectivity index (χ2n) is 4.40. The van der Waals surface area contributed by atoms with Crippen molar-refractivity contribution in [2.75, 3.05) is 12.1 Å². The number of amides is 1. The molecule has 2 aromatic rings. The van der Waals surface area contributed by atoms with Gasteiger partial charge in [-0.15, -0.1) is 0 Å². The molecule has 0 bridgehead atoms. The van der Waals surface area contributed by atoms with Gasteiger partial charge in [0.15, 0.2) is 11.5 Å². The number of hydrogen-bond acceptors (Lipinski definition) is 4. The number of fused-ring (bicyclic) bond motifs is 1. The lowest BCUT2D eigenvalue weighted by atomic mass is 10.1. The van der Waals surface area contributed by atoms with E-state index >= 15 is 0 Å². The molecule has 1 amide bonds. The van der Waals surface area contributed by atoms with Crippen LogP contribution in [0.3, 0.4) is 0 Å². The van der Waals surface area contributed by atoms with Crippen LogP contribution in [0.1, 0.15) is 20.7 Å². The van der Waals surface area contributed by atoms with E-state index in [9.17, 15) is 9.59 Å². The summed E-state index contributed by atoms with van der Waals surface area (Å²) in [6.07, 6.45) is 0. The minimum absolute atomic E-state index is 0.134. The average Bonchev–Trinajstić information content (AvgIpc) is 2.95. The fraction of sp³-hybridized carbons (Fsp3) is 0.0667. The van der Waals surface area contributed by atoms with Gasteiger partial charge in [-0.05, 0) is 36.4 Å². The lowest BCUT2D eigenvalue weighted by Crippen LogP contribution is -2.12. The van der Waals surface area contributed by atoms with E-state index < -0.39 is 5.97 Å². The zero-order valence-electron chi connectivity index (χ0n) is 10.8. The zero-order chi connectivity index (χ0) is 14.8. The number of carboxylic acid groups (broad SMARTS) is 1. The van der Waals surface area contributed by atoms with Crippen molar-refractivity contribution in [1.82, 2.24) is 0 Å². The van der Waals surface area contributed by atoms with E-state index in [0.717, 1.165) is 0 Å². The number of carbonyl (C=O) groups excluding carboxylic acids is 1. The molecule has 2 N–H and O–H groups in total. The predicted octanol–water partition coefficient (Wildman–Crippen LogP) is 2.37. The van der Waals surface area contributed by atoms with Crippen LogP contribution in [0.2, 0.25) is 0 Å². The predicted molar refractivity (Wildman–Crippen MR) is 73.9 cm³/mol. The molecule has 0 radical (unpaired) electrons. The van der Waals surface area contributed by atoms with Gasteiger partial charge in [0.25, 0.3) is 5.91 Å². The third kappa shape index (κ3) is 2.64. The van der Waals surface area contributed by atoms with Crippen LogP contribution in [0.4, 0.5) is 5.69 Å². The van der Waals surface area contributed by atoms with Crippen molar-refractivity contribution in [2.24, 2.45) is 0 Å². The molecule has 0 fully saturated rings. The van der Waals surface area contributed by atoms with Gasteiger partial charge in [0.1, 0.15) is 0 Å². The van der Waals surface area contributed by atoms with Crippen LogP contribution < -0.4 is 14.8 Å². The van der Waals surface area contributed by atoms with Crippen LogP contribution in [0.5, 0.6) is 11.5 Å². The number of aromatic carboxylic acids is 1. The molecule has 1 aliphatic rings. The Bertz CT molecular complexity index is 709. The Morgan fingerprint density at radius 1 is 0.952 bits per heavy atom. The fourth-order valence-corrected chi connectivity index (χ4v) is 1.94. The molecule has 0 saturated heterocycles. The van der Waals surface area contributed by atoms with E-state index in [1.807, 2.05) is 0 Å². The lowest BCUT2D eigenvalue weighted by molar-refractivity contribution is 0.0696. The van der Waals surface area contributed by atoms with Gasteiger partial charge in [-0.1, -0.05) is 0 Å². The molecule has 106 valence electrons. The summed E-state index contributed by atoms with van der Waals surface area (Å²) in [7, 11) is 0. The molecule has 0 unspecified atom stereocenters. The topological polar surface area (TPSA) is 84.9 Å². The Labute approximate surface area is 119 Å². The van der Waals surface area contributed by atoms with E-state index in [1.165, 1.54) is 24.3 Å². The van der Waals surface area contributed by atoms with Crippen LogP contribution in [0, 0.1) is 0 Å². The largest absolute Gasteiger partial charge is 0.478 e. The van der Waals surface area contributed by atoms with Crippen molar-refractivity contribution in [1.29, 1.82) is 0 Å². The highest BCUT2D eigenvalue weighted by atomic mass is 16.7. The van der Waals surface area contributed by atoms with Gasteiger partial charge in [0.05, 0.1) is 5.56 Å². The third-order valence-electron chi connectivity index (χ3n) is 3.02. The molecule has 0 aliphatic carbocycles. The van der Waals surface area contributed by atoms with Crippen LogP contribution in [-0.2, 0) is 0 Å². The summed E-state index contributed by atoms with van der Waals surface area (Å²) in [5.41, 5.74) is 1.08. The summed E-state index contributed by atoms with van der Waals surface area (Å²) in [4.78, 5) is 22.8. The number of benzene rings is 2. The maximum atomic E-state index is 12.1. The first-order valence-corrected chi connectivity index (χ1v) is 6.18. The van der Waals surface area contributed by atoms with Gasteiger partial charge in [0, 0.05) is 17.3 Å². The number of carboxylic acids is 1. The Morgan fingerprint density at radius 3 is 2.33 bits per heavy atom. The molecule has 21 heavy (non-hydrogen) atoms. The number of anilines is 1. The first kappa shape index (κ1) is 13.0. The Morgan fingerprint density at radius 2 is 1.62 bits per heavy atom. The van der Waals surface area contributed by atoms with Gasteiger partial charge in [-0.2, -0.15) is 0 Å². The van der Waals surface area contributed by atoms with Crippen molar-refractivity contribution >= 4 is 17.6 Å². The van der Waals surface area contributed by atoms with Crippen molar-refractivity contribution in [3.05, 3.63) is 53.6 Å². The fourth-order valence-electron chi connectivity index (χ4n) is 1.94. The quantitative estimate of drug-likeness (QED) is 0.904. The molecule has 0 saturated carbocycles. The van der Waals surface area contributed by atoms with Crippen molar-refractivity contribution in [3.63, 3.8) is 0 Å². The van der Waals surface area contributed by atoms with Gasteiger partial charge in [0.2, 0.25) is 6.79 Å². The van der Waals surface area contributed by atoms with Crippen molar-refractivity contribution < 1.29 is 24.2 Å². The van der Waals surface area contributed by atoms with Gasteiger partial charge in [-0.25, -0.2) is 4.79 Å². The van der Waals surface area contributed by atoms with Crippen LogP contribution in [-0.4, -0.2) is 23.8 Å². The van der Waals surface area contributed by atoms with Gasteiger partial charge < -0.3 is 19.9 Å². The summed E-state index contributed by atoms with van der Waals surface area (Å²) in [6, 6.07) is 10.8. The first-order chi connectivity index (χ1) is 10.1. The molecular weight excluding hydrogens is 274 g/mol. The average molecular weight is 285 g/mol. The van der Waals surface area contributed by atoms with Gasteiger partial charge >= 0.3 is 5.97 Å². The Hall–Kier alpha value is -3.02. The molecule has 3 rings (SSSR count). The summed E-state index contributed by atoms with van der Waals surface area (Å²) in [5, 5.41) is 11.5. The molecule has 1 heterocycles. The first-order valence-electron chi connectivity index (χ1n) is 6.18. The number of hydrogen-bond donors (Lipinski definition) is 2. The molecule has 0 atom stereocenters.